The number of hydrogen-bond donors (Lipinski definition) is 1. The SMILES string of the molecule is COc1c(CC2CCCNC2)cc(Br)c(F)c1F. The minimum absolute atomic E-state index is 0.0290. The molecule has 2 rings (SSSR count). The van der Waals surface area contributed by atoms with Gasteiger partial charge in [-0.2, -0.15) is 4.39 Å². The predicted octanol–water partition coefficient (Wildman–Crippen LogP) is 3.28. The molecule has 0 spiro atoms. The third kappa shape index (κ3) is 2.83. The van der Waals surface area contributed by atoms with Gasteiger partial charge in [0, 0.05) is 0 Å². The molecule has 1 unspecified atom stereocenters. The van der Waals surface area contributed by atoms with E-state index in [4.69, 9.17) is 4.74 Å². The number of benzene rings is 1. The van der Waals surface area contributed by atoms with Gasteiger partial charge in [0.1, 0.15) is 0 Å². The molecule has 18 heavy (non-hydrogen) atoms. The average molecular weight is 320 g/mol. The van der Waals surface area contributed by atoms with Crippen molar-refractivity contribution in [1.29, 1.82) is 0 Å². The highest BCUT2D eigenvalue weighted by molar-refractivity contribution is 9.10. The minimum Gasteiger partial charge on any atom is -0.493 e. The molecule has 1 atom stereocenters. The summed E-state index contributed by atoms with van der Waals surface area (Å²) in [5.41, 5.74) is 0.719. The number of piperidine rings is 1. The molecule has 0 saturated carbocycles. The molecular weight excluding hydrogens is 304 g/mol. The quantitative estimate of drug-likeness (QED) is 0.863. The van der Waals surface area contributed by atoms with Crippen molar-refractivity contribution in [2.24, 2.45) is 5.92 Å². The van der Waals surface area contributed by atoms with E-state index in [2.05, 4.69) is 21.2 Å². The molecule has 2 nitrogen and oxygen atoms in total. The molecule has 1 aromatic carbocycles. The van der Waals surface area contributed by atoms with E-state index in [1.165, 1.54) is 7.11 Å². The fourth-order valence-electron chi connectivity index (χ4n) is 2.41. The van der Waals surface area contributed by atoms with Gasteiger partial charge in [-0.15, -0.1) is 0 Å². The van der Waals surface area contributed by atoms with Gasteiger partial charge < -0.3 is 10.1 Å². The van der Waals surface area contributed by atoms with E-state index < -0.39 is 11.6 Å². The van der Waals surface area contributed by atoms with Crippen LogP contribution < -0.4 is 10.1 Å². The lowest BCUT2D eigenvalue weighted by molar-refractivity contribution is 0.346. The summed E-state index contributed by atoms with van der Waals surface area (Å²) >= 11 is 3.04. The third-order valence-corrected chi connectivity index (χ3v) is 3.88. The zero-order valence-electron chi connectivity index (χ0n) is 10.2. The fraction of sp³-hybridized carbons (Fsp3) is 0.538. The summed E-state index contributed by atoms with van der Waals surface area (Å²) in [4.78, 5) is 0. The van der Waals surface area contributed by atoms with Crippen molar-refractivity contribution in [1.82, 2.24) is 5.32 Å². The van der Waals surface area contributed by atoms with Crippen LogP contribution in [0.4, 0.5) is 8.78 Å². The van der Waals surface area contributed by atoms with Crippen LogP contribution in [-0.4, -0.2) is 20.2 Å². The van der Waals surface area contributed by atoms with Crippen LogP contribution in [-0.2, 0) is 6.42 Å². The average Bonchev–Trinajstić information content (AvgIpc) is 2.38. The monoisotopic (exact) mass is 319 g/mol. The minimum atomic E-state index is -0.911. The van der Waals surface area contributed by atoms with Crippen LogP contribution in [0.5, 0.6) is 5.75 Å². The lowest BCUT2D eigenvalue weighted by Gasteiger charge is -2.23. The summed E-state index contributed by atoms with van der Waals surface area (Å²) in [7, 11) is 1.37. The highest BCUT2D eigenvalue weighted by Crippen LogP contribution is 2.32. The summed E-state index contributed by atoms with van der Waals surface area (Å²) in [6.07, 6.45) is 2.93. The molecule has 0 aromatic heterocycles. The van der Waals surface area contributed by atoms with Crippen LogP contribution in [0.3, 0.4) is 0 Å². The Morgan fingerprint density at radius 2 is 2.22 bits per heavy atom. The van der Waals surface area contributed by atoms with Crippen molar-refractivity contribution in [3.8, 4) is 5.75 Å². The van der Waals surface area contributed by atoms with Crippen molar-refractivity contribution in [3.05, 3.63) is 27.7 Å². The van der Waals surface area contributed by atoms with Crippen LogP contribution in [0.15, 0.2) is 10.5 Å². The van der Waals surface area contributed by atoms with Crippen molar-refractivity contribution in [2.45, 2.75) is 19.3 Å². The lowest BCUT2D eigenvalue weighted by Crippen LogP contribution is -2.31. The Morgan fingerprint density at radius 1 is 1.44 bits per heavy atom. The number of rotatable bonds is 3. The molecule has 1 aromatic rings. The van der Waals surface area contributed by atoms with Crippen LogP contribution in [0.1, 0.15) is 18.4 Å². The van der Waals surface area contributed by atoms with Gasteiger partial charge in [-0.25, -0.2) is 4.39 Å². The molecule has 1 fully saturated rings. The molecule has 1 aliphatic rings. The van der Waals surface area contributed by atoms with Gasteiger partial charge >= 0.3 is 0 Å². The second-order valence-electron chi connectivity index (χ2n) is 4.60. The van der Waals surface area contributed by atoms with Crippen molar-refractivity contribution in [2.75, 3.05) is 20.2 Å². The van der Waals surface area contributed by atoms with Crippen LogP contribution >= 0.6 is 15.9 Å². The highest BCUT2D eigenvalue weighted by atomic mass is 79.9. The maximum atomic E-state index is 13.7. The Morgan fingerprint density at radius 3 is 2.83 bits per heavy atom. The van der Waals surface area contributed by atoms with Crippen molar-refractivity contribution >= 4 is 15.9 Å². The predicted molar refractivity (Wildman–Crippen MR) is 69.9 cm³/mol. The van der Waals surface area contributed by atoms with Gasteiger partial charge in [0.2, 0.25) is 5.82 Å². The van der Waals surface area contributed by atoms with Gasteiger partial charge in [0.25, 0.3) is 0 Å². The smallest absolute Gasteiger partial charge is 0.202 e. The number of methoxy groups -OCH3 is 1. The second kappa shape index (κ2) is 5.97. The Bertz CT molecular complexity index is 433. The topological polar surface area (TPSA) is 21.3 Å². The first-order chi connectivity index (χ1) is 8.63. The van der Waals surface area contributed by atoms with Gasteiger partial charge in [0.05, 0.1) is 11.6 Å². The summed E-state index contributed by atoms with van der Waals surface area (Å²) in [6, 6.07) is 1.62. The first kappa shape index (κ1) is 13.7. The number of ether oxygens (including phenoxy) is 1. The van der Waals surface area contributed by atoms with Crippen molar-refractivity contribution in [3.63, 3.8) is 0 Å². The third-order valence-electron chi connectivity index (χ3n) is 3.31. The van der Waals surface area contributed by atoms with E-state index in [-0.39, 0.29) is 10.2 Å². The first-order valence-corrected chi connectivity index (χ1v) is 6.84. The van der Waals surface area contributed by atoms with Crippen LogP contribution in [0, 0.1) is 17.6 Å². The van der Waals surface area contributed by atoms with Gasteiger partial charge in [0.15, 0.2) is 11.6 Å². The molecule has 1 saturated heterocycles. The Labute approximate surface area is 114 Å². The Balaban J connectivity index is 2.25. The van der Waals surface area contributed by atoms with Gasteiger partial charge in [-0.1, -0.05) is 0 Å². The van der Waals surface area contributed by atoms with E-state index >= 15 is 0 Å². The zero-order chi connectivity index (χ0) is 13.1. The fourth-order valence-corrected chi connectivity index (χ4v) is 2.86. The number of hydrogen-bond acceptors (Lipinski definition) is 2. The van der Waals surface area contributed by atoms with Crippen molar-refractivity contribution < 1.29 is 13.5 Å². The van der Waals surface area contributed by atoms with E-state index in [0.29, 0.717) is 12.3 Å². The van der Waals surface area contributed by atoms with E-state index in [1.807, 2.05) is 0 Å². The molecule has 1 N–H and O–H groups in total. The van der Waals surface area contributed by atoms with E-state index in [0.717, 1.165) is 31.5 Å². The molecule has 0 radical (unpaired) electrons. The molecule has 0 amide bonds. The summed E-state index contributed by atoms with van der Waals surface area (Å²) in [5, 5.41) is 3.31. The summed E-state index contributed by atoms with van der Waals surface area (Å²) in [6.45, 7) is 1.95. The largest absolute Gasteiger partial charge is 0.493 e. The van der Waals surface area contributed by atoms with Crippen LogP contribution in [0.2, 0.25) is 0 Å². The van der Waals surface area contributed by atoms with Crippen LogP contribution in [0.25, 0.3) is 0 Å². The Kier molecular flexibility index (Phi) is 4.56. The normalized spacial score (nSPS) is 19.9. The molecule has 1 aliphatic heterocycles. The molecule has 100 valence electrons. The van der Waals surface area contributed by atoms with Gasteiger partial charge in [-0.3, -0.25) is 0 Å². The van der Waals surface area contributed by atoms with E-state index in [1.54, 1.807) is 6.07 Å². The standard InChI is InChI=1S/C13H16BrF2NO/c1-18-13-9(5-8-3-2-4-17-7-8)6-10(14)11(15)12(13)16/h6,8,17H,2-5,7H2,1H3. The first-order valence-electron chi connectivity index (χ1n) is 6.04. The molecule has 0 bridgehead atoms. The second-order valence-corrected chi connectivity index (χ2v) is 5.45. The molecule has 0 aliphatic carbocycles. The maximum Gasteiger partial charge on any atom is 0.202 e. The Hall–Kier alpha value is -0.680. The summed E-state index contributed by atoms with van der Waals surface area (Å²) in [5.74, 6) is -1.33. The summed E-state index contributed by atoms with van der Waals surface area (Å²) < 4.78 is 32.3. The maximum absolute atomic E-state index is 13.7. The van der Waals surface area contributed by atoms with Gasteiger partial charge in [-0.05, 0) is 65.8 Å². The highest BCUT2D eigenvalue weighted by Gasteiger charge is 2.21. The lowest BCUT2D eigenvalue weighted by atomic mass is 9.92. The number of nitrogens with one attached hydrogen (secondary N) is 1. The number of halogens is 3. The molecular formula is C13H16BrF2NO. The molecule has 1 heterocycles. The zero-order valence-corrected chi connectivity index (χ0v) is 11.8. The van der Waals surface area contributed by atoms with E-state index in [9.17, 15) is 8.78 Å². The molecule has 5 heteroatoms.